The van der Waals surface area contributed by atoms with Crippen molar-refractivity contribution in [1.82, 2.24) is 0 Å². The molecule has 1 unspecified atom stereocenters. The molecule has 2 fully saturated rings. The van der Waals surface area contributed by atoms with Crippen LogP contribution in [-0.4, -0.2) is 0 Å². The van der Waals surface area contributed by atoms with Crippen LogP contribution in [0, 0.1) is 17.3 Å². The molecule has 0 saturated heterocycles. The summed E-state index contributed by atoms with van der Waals surface area (Å²) in [6, 6.07) is 0. The maximum absolute atomic E-state index is 2.34. The Labute approximate surface area is 57.6 Å². The van der Waals surface area contributed by atoms with E-state index in [4.69, 9.17) is 0 Å². The summed E-state index contributed by atoms with van der Waals surface area (Å²) in [7, 11) is 0. The van der Waals surface area contributed by atoms with Crippen molar-refractivity contribution >= 4 is 0 Å². The van der Waals surface area contributed by atoms with Crippen LogP contribution in [0.1, 0.15) is 39.5 Å². The van der Waals surface area contributed by atoms with Gasteiger partial charge in [-0.3, -0.25) is 0 Å². The lowest BCUT2D eigenvalue weighted by molar-refractivity contribution is 0.508. The average Bonchev–Trinajstić information content (AvgIpc) is 2.54. The van der Waals surface area contributed by atoms with Gasteiger partial charge < -0.3 is 0 Å². The summed E-state index contributed by atoms with van der Waals surface area (Å²) in [6.07, 6.45) is 6.19. The Balaban J connectivity index is 1.78. The van der Waals surface area contributed by atoms with Crippen molar-refractivity contribution in [2.45, 2.75) is 39.5 Å². The van der Waals surface area contributed by atoms with Gasteiger partial charge in [0.05, 0.1) is 0 Å². The van der Waals surface area contributed by atoms with Gasteiger partial charge in [0, 0.05) is 0 Å². The Hall–Kier alpha value is 0. The summed E-state index contributed by atoms with van der Waals surface area (Å²) < 4.78 is 0. The van der Waals surface area contributed by atoms with E-state index >= 15 is 0 Å². The maximum atomic E-state index is 2.34. The normalized spacial score (nSPS) is 35.7. The van der Waals surface area contributed by atoms with Crippen LogP contribution in [0.25, 0.3) is 0 Å². The molecule has 52 valence electrons. The van der Waals surface area contributed by atoms with Crippen LogP contribution >= 0.6 is 0 Å². The lowest BCUT2D eigenvalue weighted by atomic mass is 10.1. The molecule has 0 aromatic heterocycles. The van der Waals surface area contributed by atoms with Gasteiger partial charge in [-0.15, -0.1) is 0 Å². The molecule has 0 aromatic carbocycles. The van der Waals surface area contributed by atoms with Gasteiger partial charge in [0.2, 0.25) is 0 Å². The SMILES string of the molecule is CC(C)CC1CC12CC2. The third-order valence-electron chi connectivity index (χ3n) is 3.01. The van der Waals surface area contributed by atoms with Gasteiger partial charge in [-0.25, -0.2) is 0 Å². The Kier molecular flexibility index (Phi) is 0.980. The number of hydrogen-bond donors (Lipinski definition) is 0. The highest BCUT2D eigenvalue weighted by atomic mass is 14.7. The zero-order valence-corrected chi connectivity index (χ0v) is 6.48. The molecular weight excluding hydrogens is 108 g/mol. The standard InChI is InChI=1S/C9H16/c1-7(2)5-8-6-9(8)3-4-9/h7-8H,3-6H2,1-2H3. The van der Waals surface area contributed by atoms with Gasteiger partial charge >= 0.3 is 0 Å². The predicted octanol–water partition coefficient (Wildman–Crippen LogP) is 2.83. The smallest absolute Gasteiger partial charge is 0.0266 e. The molecule has 0 heteroatoms. The zero-order valence-electron chi connectivity index (χ0n) is 6.48. The third-order valence-corrected chi connectivity index (χ3v) is 3.01. The molecule has 1 atom stereocenters. The molecule has 0 radical (unpaired) electrons. The largest absolute Gasteiger partial charge is 0.0628 e. The van der Waals surface area contributed by atoms with Gasteiger partial charge in [-0.2, -0.15) is 0 Å². The monoisotopic (exact) mass is 124 g/mol. The summed E-state index contributed by atoms with van der Waals surface area (Å²) in [5.41, 5.74) is 0.949. The molecule has 0 aliphatic heterocycles. The Bertz CT molecular complexity index is 120. The third kappa shape index (κ3) is 0.889. The first-order chi connectivity index (χ1) is 4.23. The molecular formula is C9H16. The molecule has 0 aromatic rings. The summed E-state index contributed by atoms with van der Waals surface area (Å²) in [4.78, 5) is 0. The quantitative estimate of drug-likeness (QED) is 0.531. The molecule has 2 aliphatic carbocycles. The zero-order chi connectivity index (χ0) is 6.48. The van der Waals surface area contributed by atoms with Crippen molar-refractivity contribution in [2.24, 2.45) is 17.3 Å². The summed E-state index contributed by atoms with van der Waals surface area (Å²) >= 11 is 0. The van der Waals surface area contributed by atoms with Crippen LogP contribution in [-0.2, 0) is 0 Å². The number of hydrogen-bond acceptors (Lipinski definition) is 0. The molecule has 1 spiro atoms. The van der Waals surface area contributed by atoms with Crippen molar-refractivity contribution in [3.63, 3.8) is 0 Å². The second-order valence-corrected chi connectivity index (χ2v) is 4.39. The van der Waals surface area contributed by atoms with Gasteiger partial charge in [-0.05, 0) is 42.9 Å². The maximum Gasteiger partial charge on any atom is -0.0266 e. The fourth-order valence-electron chi connectivity index (χ4n) is 2.11. The second kappa shape index (κ2) is 1.53. The van der Waals surface area contributed by atoms with Crippen molar-refractivity contribution < 1.29 is 0 Å². The molecule has 0 N–H and O–H groups in total. The molecule has 0 nitrogen and oxygen atoms in total. The minimum atomic E-state index is 0.940. The van der Waals surface area contributed by atoms with Crippen LogP contribution in [0.15, 0.2) is 0 Å². The van der Waals surface area contributed by atoms with Crippen LogP contribution < -0.4 is 0 Å². The minimum Gasteiger partial charge on any atom is -0.0628 e. The topological polar surface area (TPSA) is 0 Å². The highest BCUT2D eigenvalue weighted by Gasteiger charge is 2.61. The van der Waals surface area contributed by atoms with Crippen LogP contribution in [0.5, 0.6) is 0 Å². The Morgan fingerprint density at radius 1 is 1.44 bits per heavy atom. The fraction of sp³-hybridized carbons (Fsp3) is 1.00. The van der Waals surface area contributed by atoms with Crippen molar-refractivity contribution in [3.05, 3.63) is 0 Å². The molecule has 9 heavy (non-hydrogen) atoms. The van der Waals surface area contributed by atoms with E-state index in [-0.39, 0.29) is 0 Å². The van der Waals surface area contributed by atoms with E-state index in [1.54, 1.807) is 19.3 Å². The first kappa shape index (κ1) is 5.76. The molecule has 2 saturated carbocycles. The predicted molar refractivity (Wildman–Crippen MR) is 39.2 cm³/mol. The van der Waals surface area contributed by atoms with Crippen LogP contribution in [0.2, 0.25) is 0 Å². The van der Waals surface area contributed by atoms with E-state index in [1.165, 1.54) is 6.42 Å². The Morgan fingerprint density at radius 2 is 2.11 bits per heavy atom. The minimum absolute atomic E-state index is 0.940. The van der Waals surface area contributed by atoms with Gasteiger partial charge in [0.25, 0.3) is 0 Å². The van der Waals surface area contributed by atoms with Crippen LogP contribution in [0.3, 0.4) is 0 Å². The van der Waals surface area contributed by atoms with E-state index in [2.05, 4.69) is 13.8 Å². The van der Waals surface area contributed by atoms with Crippen molar-refractivity contribution in [1.29, 1.82) is 0 Å². The molecule has 0 heterocycles. The van der Waals surface area contributed by atoms with E-state index in [1.807, 2.05) is 0 Å². The molecule has 2 rings (SSSR count). The highest BCUT2D eigenvalue weighted by Crippen LogP contribution is 2.72. The summed E-state index contributed by atoms with van der Waals surface area (Å²) in [5, 5.41) is 0. The highest BCUT2D eigenvalue weighted by molar-refractivity contribution is 5.12. The van der Waals surface area contributed by atoms with Gasteiger partial charge in [0.1, 0.15) is 0 Å². The van der Waals surface area contributed by atoms with Crippen molar-refractivity contribution in [2.75, 3.05) is 0 Å². The first-order valence-corrected chi connectivity index (χ1v) is 4.23. The average molecular weight is 124 g/mol. The lowest BCUT2D eigenvalue weighted by Gasteiger charge is -2.00. The summed E-state index contributed by atoms with van der Waals surface area (Å²) in [6.45, 7) is 4.68. The molecule has 2 aliphatic rings. The molecule has 0 amide bonds. The van der Waals surface area contributed by atoms with E-state index < -0.39 is 0 Å². The Morgan fingerprint density at radius 3 is 2.44 bits per heavy atom. The second-order valence-electron chi connectivity index (χ2n) is 4.39. The lowest BCUT2D eigenvalue weighted by Crippen LogP contribution is -1.89. The van der Waals surface area contributed by atoms with E-state index in [0.29, 0.717) is 0 Å². The van der Waals surface area contributed by atoms with Crippen LogP contribution in [0.4, 0.5) is 0 Å². The first-order valence-electron chi connectivity index (χ1n) is 4.23. The van der Waals surface area contributed by atoms with E-state index in [9.17, 15) is 0 Å². The van der Waals surface area contributed by atoms with Gasteiger partial charge in [-0.1, -0.05) is 13.8 Å². The molecule has 0 bridgehead atoms. The fourth-order valence-corrected chi connectivity index (χ4v) is 2.11. The summed E-state index contributed by atoms with van der Waals surface area (Å²) in [5.74, 6) is 2.09. The van der Waals surface area contributed by atoms with Crippen molar-refractivity contribution in [3.8, 4) is 0 Å². The van der Waals surface area contributed by atoms with Gasteiger partial charge in [0.15, 0.2) is 0 Å². The number of rotatable bonds is 2. The van der Waals surface area contributed by atoms with E-state index in [0.717, 1.165) is 17.3 Å².